The van der Waals surface area contributed by atoms with Crippen molar-refractivity contribution in [3.8, 4) is 11.3 Å². The lowest BCUT2D eigenvalue weighted by molar-refractivity contribution is 0.311. The van der Waals surface area contributed by atoms with E-state index >= 15 is 0 Å². The van der Waals surface area contributed by atoms with Crippen LogP contribution in [0.2, 0.25) is 0 Å². The standard InChI is InChI=1S/C21H22N6OS/c28-13-10-23-21-25-17-15-6-7-16(14-4-2-1-3-5-14)24-20(15)29-18(17)19(26-21)27-11-8-22-9-12-27/h1-7,22,28H,8-13H2,(H,23,25,26). The van der Waals surface area contributed by atoms with E-state index in [1.165, 1.54) is 0 Å². The van der Waals surface area contributed by atoms with Gasteiger partial charge in [-0.05, 0) is 12.1 Å². The fourth-order valence-corrected chi connectivity index (χ4v) is 4.75. The predicted molar refractivity (Wildman–Crippen MR) is 119 cm³/mol. The SMILES string of the molecule is OCCNc1nc(N2CCNCC2)c2sc3nc(-c4ccccc4)ccc3c2n1. The van der Waals surface area contributed by atoms with Crippen molar-refractivity contribution in [3.05, 3.63) is 42.5 Å². The Bertz CT molecular complexity index is 1140. The Morgan fingerprint density at radius 3 is 2.66 bits per heavy atom. The molecule has 4 aromatic rings. The summed E-state index contributed by atoms with van der Waals surface area (Å²) in [6, 6.07) is 14.4. The number of aliphatic hydroxyl groups is 1. The molecule has 1 aliphatic heterocycles. The first-order valence-corrected chi connectivity index (χ1v) is 10.6. The normalized spacial score (nSPS) is 14.6. The van der Waals surface area contributed by atoms with Gasteiger partial charge < -0.3 is 20.6 Å². The summed E-state index contributed by atoms with van der Waals surface area (Å²) in [6.45, 7) is 4.14. The van der Waals surface area contributed by atoms with Gasteiger partial charge >= 0.3 is 0 Å². The van der Waals surface area contributed by atoms with Crippen LogP contribution in [0.5, 0.6) is 0 Å². The van der Waals surface area contributed by atoms with Gasteiger partial charge in [0.2, 0.25) is 5.95 Å². The topological polar surface area (TPSA) is 86.2 Å². The lowest BCUT2D eigenvalue weighted by Gasteiger charge is -2.28. The molecule has 3 aromatic heterocycles. The van der Waals surface area contributed by atoms with Crippen molar-refractivity contribution in [1.82, 2.24) is 20.3 Å². The molecule has 0 spiro atoms. The number of rotatable bonds is 5. The zero-order valence-corrected chi connectivity index (χ0v) is 16.7. The molecule has 1 aromatic carbocycles. The Labute approximate surface area is 172 Å². The van der Waals surface area contributed by atoms with E-state index in [1.807, 2.05) is 18.2 Å². The summed E-state index contributed by atoms with van der Waals surface area (Å²) < 4.78 is 1.06. The summed E-state index contributed by atoms with van der Waals surface area (Å²) in [5.74, 6) is 1.49. The number of anilines is 2. The Kier molecular flexibility index (Phi) is 4.97. The van der Waals surface area contributed by atoms with Crippen molar-refractivity contribution in [3.63, 3.8) is 0 Å². The molecule has 29 heavy (non-hydrogen) atoms. The van der Waals surface area contributed by atoms with Gasteiger partial charge in [-0.3, -0.25) is 0 Å². The van der Waals surface area contributed by atoms with Crippen LogP contribution in [0, 0.1) is 0 Å². The van der Waals surface area contributed by atoms with Crippen LogP contribution in [0.15, 0.2) is 42.5 Å². The molecular formula is C21H22N6OS. The summed E-state index contributed by atoms with van der Waals surface area (Å²) in [7, 11) is 0. The summed E-state index contributed by atoms with van der Waals surface area (Å²) in [5, 5.41) is 16.7. The van der Waals surface area contributed by atoms with Crippen molar-refractivity contribution in [2.75, 3.05) is 49.5 Å². The first kappa shape index (κ1) is 18.2. The van der Waals surface area contributed by atoms with E-state index in [1.54, 1.807) is 11.3 Å². The summed E-state index contributed by atoms with van der Waals surface area (Å²) in [4.78, 5) is 17.7. The number of hydrogen-bond donors (Lipinski definition) is 3. The van der Waals surface area contributed by atoms with Gasteiger partial charge in [-0.1, -0.05) is 30.3 Å². The van der Waals surface area contributed by atoms with E-state index in [9.17, 15) is 5.11 Å². The molecule has 5 rings (SSSR count). The number of pyridine rings is 1. The van der Waals surface area contributed by atoms with Crippen LogP contribution >= 0.6 is 11.3 Å². The van der Waals surface area contributed by atoms with Crippen LogP contribution in [-0.4, -0.2) is 59.4 Å². The number of thiophene rings is 1. The number of benzene rings is 1. The van der Waals surface area contributed by atoms with E-state index in [2.05, 4.69) is 39.8 Å². The molecule has 0 amide bonds. The number of nitrogens with one attached hydrogen (secondary N) is 2. The maximum absolute atomic E-state index is 9.18. The number of aliphatic hydroxyl groups excluding tert-OH is 1. The van der Waals surface area contributed by atoms with Gasteiger partial charge in [0.1, 0.15) is 4.83 Å². The van der Waals surface area contributed by atoms with E-state index in [0.717, 1.165) is 63.7 Å². The van der Waals surface area contributed by atoms with Crippen molar-refractivity contribution in [1.29, 1.82) is 0 Å². The second-order valence-electron chi connectivity index (χ2n) is 6.95. The summed E-state index contributed by atoms with van der Waals surface area (Å²) in [6.07, 6.45) is 0. The molecule has 3 N–H and O–H groups in total. The third kappa shape index (κ3) is 3.50. The van der Waals surface area contributed by atoms with Gasteiger partial charge in [0.15, 0.2) is 5.82 Å². The highest BCUT2D eigenvalue weighted by atomic mass is 32.1. The molecule has 8 heteroatoms. The van der Waals surface area contributed by atoms with Gasteiger partial charge in [0, 0.05) is 43.7 Å². The molecule has 4 heterocycles. The second kappa shape index (κ2) is 7.90. The predicted octanol–water partition coefficient (Wildman–Crippen LogP) is 2.72. The van der Waals surface area contributed by atoms with Crippen LogP contribution in [-0.2, 0) is 0 Å². The molecular weight excluding hydrogens is 384 g/mol. The molecule has 148 valence electrons. The minimum absolute atomic E-state index is 0.0384. The van der Waals surface area contributed by atoms with Gasteiger partial charge in [-0.25, -0.2) is 9.97 Å². The van der Waals surface area contributed by atoms with Gasteiger partial charge in [-0.2, -0.15) is 4.98 Å². The molecule has 1 aliphatic rings. The second-order valence-corrected chi connectivity index (χ2v) is 7.95. The lowest BCUT2D eigenvalue weighted by atomic mass is 10.1. The van der Waals surface area contributed by atoms with Crippen LogP contribution in [0.25, 0.3) is 31.7 Å². The number of piperazine rings is 1. The molecule has 1 saturated heterocycles. The Hall–Kier alpha value is -2.81. The van der Waals surface area contributed by atoms with Crippen molar-refractivity contribution in [2.45, 2.75) is 0 Å². The number of fused-ring (bicyclic) bond motifs is 3. The molecule has 1 fully saturated rings. The molecule has 0 bridgehead atoms. The number of nitrogens with zero attached hydrogens (tertiary/aromatic N) is 4. The van der Waals surface area contributed by atoms with E-state index < -0.39 is 0 Å². The van der Waals surface area contributed by atoms with Crippen LogP contribution in [0.1, 0.15) is 0 Å². The van der Waals surface area contributed by atoms with E-state index in [0.29, 0.717) is 12.5 Å². The van der Waals surface area contributed by atoms with Crippen molar-refractivity contribution < 1.29 is 5.11 Å². The fraction of sp³-hybridized carbons (Fsp3) is 0.286. The highest BCUT2D eigenvalue weighted by Crippen LogP contribution is 2.38. The molecule has 0 unspecified atom stereocenters. The van der Waals surface area contributed by atoms with Gasteiger partial charge in [-0.15, -0.1) is 11.3 Å². The number of hydrogen-bond acceptors (Lipinski definition) is 8. The molecule has 7 nitrogen and oxygen atoms in total. The van der Waals surface area contributed by atoms with Gasteiger partial charge in [0.25, 0.3) is 0 Å². The zero-order valence-electron chi connectivity index (χ0n) is 15.9. The minimum Gasteiger partial charge on any atom is -0.395 e. The zero-order chi connectivity index (χ0) is 19.6. The molecule has 0 atom stereocenters. The fourth-order valence-electron chi connectivity index (χ4n) is 3.62. The van der Waals surface area contributed by atoms with Crippen molar-refractivity contribution in [2.24, 2.45) is 0 Å². The Morgan fingerprint density at radius 1 is 1.03 bits per heavy atom. The summed E-state index contributed by atoms with van der Waals surface area (Å²) in [5.41, 5.74) is 2.98. The van der Waals surface area contributed by atoms with Crippen molar-refractivity contribution >= 4 is 43.5 Å². The quantitative estimate of drug-likeness (QED) is 0.470. The molecule has 0 radical (unpaired) electrons. The van der Waals surface area contributed by atoms with E-state index in [4.69, 9.17) is 15.0 Å². The Balaban J connectivity index is 1.67. The van der Waals surface area contributed by atoms with Crippen LogP contribution in [0.3, 0.4) is 0 Å². The van der Waals surface area contributed by atoms with Gasteiger partial charge in [0.05, 0.1) is 22.5 Å². The van der Waals surface area contributed by atoms with E-state index in [-0.39, 0.29) is 6.61 Å². The summed E-state index contributed by atoms with van der Waals surface area (Å²) >= 11 is 1.65. The van der Waals surface area contributed by atoms with Crippen LogP contribution < -0.4 is 15.5 Å². The average Bonchev–Trinajstić information content (AvgIpc) is 3.16. The lowest BCUT2D eigenvalue weighted by Crippen LogP contribution is -2.44. The molecule has 0 aliphatic carbocycles. The van der Waals surface area contributed by atoms with Crippen LogP contribution in [0.4, 0.5) is 11.8 Å². The molecule has 0 saturated carbocycles. The third-order valence-corrected chi connectivity index (χ3v) is 6.13. The monoisotopic (exact) mass is 406 g/mol. The smallest absolute Gasteiger partial charge is 0.225 e. The maximum Gasteiger partial charge on any atom is 0.225 e. The largest absolute Gasteiger partial charge is 0.395 e. The highest BCUT2D eigenvalue weighted by Gasteiger charge is 2.21. The first-order chi connectivity index (χ1) is 14.3. The Morgan fingerprint density at radius 2 is 1.86 bits per heavy atom. The minimum atomic E-state index is 0.0384. The highest BCUT2D eigenvalue weighted by molar-refractivity contribution is 7.26. The third-order valence-electron chi connectivity index (χ3n) is 5.04. The maximum atomic E-state index is 9.18. The average molecular weight is 407 g/mol. The number of aromatic nitrogens is 3. The first-order valence-electron chi connectivity index (χ1n) is 9.80.